The minimum absolute atomic E-state index is 0.855. The molecule has 0 amide bonds. The second-order valence-corrected chi connectivity index (χ2v) is 6.50. The van der Waals surface area contributed by atoms with Crippen LogP contribution in [0, 0.1) is 11.8 Å². The van der Waals surface area contributed by atoms with Gasteiger partial charge >= 0.3 is 0 Å². The fraction of sp³-hybridized carbons (Fsp3) is 1.00. The minimum atomic E-state index is 0.855. The van der Waals surface area contributed by atoms with E-state index in [2.05, 4.69) is 27.9 Å². The van der Waals surface area contributed by atoms with Gasteiger partial charge in [0.1, 0.15) is 0 Å². The minimum Gasteiger partial charge on any atom is -0.328 e. The van der Waals surface area contributed by atoms with E-state index < -0.39 is 0 Å². The molecule has 0 heterocycles. The summed E-state index contributed by atoms with van der Waals surface area (Å²) >= 11 is 0. The molecule has 0 radical (unpaired) electrons. The Hall–Kier alpha value is -0.0400. The first-order valence-corrected chi connectivity index (χ1v) is 6.81. The summed E-state index contributed by atoms with van der Waals surface area (Å²) in [6, 6.07) is 0. The molecular weight excluding hydrogens is 182 g/mol. The molecule has 0 aromatic carbocycles. The third kappa shape index (κ3) is 5.55. The Bertz CT molecular complexity index is 166. The quantitative estimate of drug-likeness (QED) is 0.589. The summed E-state index contributed by atoms with van der Waals surface area (Å²) in [7, 11) is 4.80. The highest BCUT2D eigenvalue weighted by Gasteiger charge is 2.20. The molecule has 0 spiro atoms. The molecule has 0 atom stereocenters. The molecule has 1 aliphatic carbocycles. The highest BCUT2D eigenvalue weighted by Crippen LogP contribution is 2.28. The van der Waals surface area contributed by atoms with Crippen LogP contribution in [0.1, 0.15) is 52.4 Å². The van der Waals surface area contributed by atoms with E-state index in [1.807, 2.05) is 0 Å². The Morgan fingerprint density at radius 2 is 1.67 bits per heavy atom. The maximum atomic E-state index is 2.40. The molecule has 1 aliphatic rings. The van der Waals surface area contributed by atoms with Gasteiger partial charge in [0.2, 0.25) is 0 Å². The second-order valence-electron chi connectivity index (χ2n) is 6.50. The van der Waals surface area contributed by atoms with Crippen LogP contribution in [0.5, 0.6) is 0 Å². The smallest absolute Gasteiger partial charge is 0.0785 e. The monoisotopic (exact) mass is 212 g/mol. The number of hydrogen-bond acceptors (Lipinski definition) is 0. The molecule has 0 bridgehead atoms. The van der Waals surface area contributed by atoms with Gasteiger partial charge in [-0.3, -0.25) is 0 Å². The van der Waals surface area contributed by atoms with Crippen LogP contribution in [0.4, 0.5) is 0 Å². The van der Waals surface area contributed by atoms with Crippen LogP contribution < -0.4 is 0 Å². The molecule has 1 fully saturated rings. The van der Waals surface area contributed by atoms with Crippen molar-refractivity contribution in [1.82, 2.24) is 0 Å². The van der Waals surface area contributed by atoms with Gasteiger partial charge in [-0.1, -0.05) is 39.5 Å². The first-order chi connectivity index (χ1) is 6.99. The highest BCUT2D eigenvalue weighted by atomic mass is 15.3. The van der Waals surface area contributed by atoms with Crippen molar-refractivity contribution < 1.29 is 4.48 Å². The summed E-state index contributed by atoms with van der Waals surface area (Å²) in [4.78, 5) is 0. The molecular formula is C14H30N+. The van der Waals surface area contributed by atoms with E-state index in [1.165, 1.54) is 56.1 Å². The number of nitrogens with zero attached hydrogens (tertiary/aromatic N) is 1. The molecule has 1 heteroatoms. The standard InChI is InChI=1S/C14H30N/c1-13(2)9-11-15(3,4)12-10-14-7-5-6-8-14/h13-14H,5-12H2,1-4H3/q+1. The Kier molecular flexibility index (Phi) is 5.11. The molecule has 15 heavy (non-hydrogen) atoms. The lowest BCUT2D eigenvalue weighted by molar-refractivity contribution is -0.891. The van der Waals surface area contributed by atoms with Gasteiger partial charge in [0, 0.05) is 0 Å². The van der Waals surface area contributed by atoms with Gasteiger partial charge < -0.3 is 4.48 Å². The summed E-state index contributed by atoms with van der Waals surface area (Å²) in [6.45, 7) is 7.40. The van der Waals surface area contributed by atoms with E-state index >= 15 is 0 Å². The first-order valence-electron chi connectivity index (χ1n) is 6.81. The Morgan fingerprint density at radius 3 is 2.20 bits per heavy atom. The van der Waals surface area contributed by atoms with Crippen LogP contribution in [0.2, 0.25) is 0 Å². The summed E-state index contributed by atoms with van der Waals surface area (Å²) < 4.78 is 1.23. The van der Waals surface area contributed by atoms with Gasteiger partial charge in [-0.25, -0.2) is 0 Å². The van der Waals surface area contributed by atoms with Gasteiger partial charge in [-0.2, -0.15) is 0 Å². The van der Waals surface area contributed by atoms with Crippen molar-refractivity contribution in [3.05, 3.63) is 0 Å². The first kappa shape index (κ1) is 13.0. The molecule has 0 aromatic rings. The van der Waals surface area contributed by atoms with Crippen molar-refractivity contribution in [2.75, 3.05) is 27.2 Å². The maximum absolute atomic E-state index is 2.40. The normalized spacial score (nSPS) is 19.0. The van der Waals surface area contributed by atoms with E-state index in [0.717, 1.165) is 11.8 Å². The zero-order valence-corrected chi connectivity index (χ0v) is 11.3. The van der Waals surface area contributed by atoms with Crippen LogP contribution in [0.25, 0.3) is 0 Å². The molecule has 1 nitrogen and oxygen atoms in total. The summed E-state index contributed by atoms with van der Waals surface area (Å²) in [5.41, 5.74) is 0. The van der Waals surface area contributed by atoms with Gasteiger partial charge in [0.05, 0.1) is 27.2 Å². The maximum Gasteiger partial charge on any atom is 0.0785 e. The predicted octanol–water partition coefficient (Wildman–Crippen LogP) is 3.69. The zero-order valence-electron chi connectivity index (χ0n) is 11.3. The average molecular weight is 212 g/mol. The van der Waals surface area contributed by atoms with Crippen molar-refractivity contribution >= 4 is 0 Å². The molecule has 90 valence electrons. The number of quaternary nitrogens is 1. The fourth-order valence-electron chi connectivity index (χ4n) is 2.55. The zero-order chi connectivity index (χ0) is 11.3. The van der Waals surface area contributed by atoms with E-state index in [4.69, 9.17) is 0 Å². The van der Waals surface area contributed by atoms with Crippen molar-refractivity contribution in [2.45, 2.75) is 52.4 Å². The SMILES string of the molecule is CC(C)CC[N+](C)(C)CCC1CCCC1. The van der Waals surface area contributed by atoms with Gasteiger partial charge in [-0.05, 0) is 24.7 Å². The molecule has 1 rings (SSSR count). The number of rotatable bonds is 6. The highest BCUT2D eigenvalue weighted by molar-refractivity contribution is 4.66. The molecule has 0 unspecified atom stereocenters. The lowest BCUT2D eigenvalue weighted by atomic mass is 10.0. The van der Waals surface area contributed by atoms with Crippen LogP contribution in [-0.4, -0.2) is 31.7 Å². The van der Waals surface area contributed by atoms with E-state index in [1.54, 1.807) is 0 Å². The Morgan fingerprint density at radius 1 is 1.07 bits per heavy atom. The van der Waals surface area contributed by atoms with E-state index in [9.17, 15) is 0 Å². The van der Waals surface area contributed by atoms with Crippen molar-refractivity contribution in [2.24, 2.45) is 11.8 Å². The Balaban J connectivity index is 2.16. The molecule has 0 saturated heterocycles. The molecule has 0 N–H and O–H groups in total. The van der Waals surface area contributed by atoms with Crippen LogP contribution >= 0.6 is 0 Å². The third-order valence-electron chi connectivity index (χ3n) is 3.93. The van der Waals surface area contributed by atoms with Crippen molar-refractivity contribution in [1.29, 1.82) is 0 Å². The topological polar surface area (TPSA) is 0 Å². The van der Waals surface area contributed by atoms with Crippen molar-refractivity contribution in [3.8, 4) is 0 Å². The second kappa shape index (κ2) is 5.89. The van der Waals surface area contributed by atoms with Crippen LogP contribution in [0.3, 0.4) is 0 Å². The lowest BCUT2D eigenvalue weighted by Gasteiger charge is -2.31. The molecule has 1 saturated carbocycles. The van der Waals surface area contributed by atoms with Gasteiger partial charge in [-0.15, -0.1) is 0 Å². The largest absolute Gasteiger partial charge is 0.328 e. The summed E-state index contributed by atoms with van der Waals surface area (Å²) in [5, 5.41) is 0. The van der Waals surface area contributed by atoms with Crippen LogP contribution in [0.15, 0.2) is 0 Å². The van der Waals surface area contributed by atoms with E-state index in [-0.39, 0.29) is 0 Å². The van der Waals surface area contributed by atoms with E-state index in [0.29, 0.717) is 0 Å². The average Bonchev–Trinajstić information content (AvgIpc) is 2.65. The lowest BCUT2D eigenvalue weighted by Crippen LogP contribution is -2.42. The van der Waals surface area contributed by atoms with Gasteiger partial charge in [0.15, 0.2) is 0 Å². The molecule has 0 aromatic heterocycles. The third-order valence-corrected chi connectivity index (χ3v) is 3.93. The molecule has 0 aliphatic heterocycles. The Labute approximate surface area is 96.4 Å². The fourth-order valence-corrected chi connectivity index (χ4v) is 2.55. The summed E-state index contributed by atoms with van der Waals surface area (Å²) in [6.07, 6.45) is 8.82. The number of hydrogen-bond donors (Lipinski definition) is 0. The van der Waals surface area contributed by atoms with Gasteiger partial charge in [0.25, 0.3) is 0 Å². The van der Waals surface area contributed by atoms with Crippen molar-refractivity contribution in [3.63, 3.8) is 0 Å². The van der Waals surface area contributed by atoms with Crippen LogP contribution in [-0.2, 0) is 0 Å². The summed E-state index contributed by atoms with van der Waals surface area (Å²) in [5.74, 6) is 1.91. The predicted molar refractivity (Wildman–Crippen MR) is 67.9 cm³/mol.